The van der Waals surface area contributed by atoms with Gasteiger partial charge in [0.1, 0.15) is 0 Å². The summed E-state index contributed by atoms with van der Waals surface area (Å²) in [5.41, 5.74) is 2.51. The predicted octanol–water partition coefficient (Wildman–Crippen LogP) is 3.57. The second-order valence-corrected chi connectivity index (χ2v) is 4.45. The molecule has 0 spiro atoms. The van der Waals surface area contributed by atoms with Crippen molar-refractivity contribution < 1.29 is 14.3 Å². The van der Waals surface area contributed by atoms with Crippen LogP contribution in [0.4, 0.5) is 0 Å². The Morgan fingerprint density at radius 2 is 2.05 bits per heavy atom. The van der Waals surface area contributed by atoms with Gasteiger partial charge in [0.2, 0.25) is 5.88 Å². The van der Waals surface area contributed by atoms with Crippen LogP contribution in [0, 0.1) is 6.92 Å². The van der Waals surface area contributed by atoms with Crippen LogP contribution in [0.1, 0.15) is 28.4 Å². The lowest BCUT2D eigenvalue weighted by Gasteiger charge is -2.12. The second-order valence-electron chi connectivity index (χ2n) is 4.45. The summed E-state index contributed by atoms with van der Waals surface area (Å²) in [5, 5.41) is 0. The molecule has 0 aliphatic heterocycles. The topological polar surface area (TPSA) is 48.4 Å². The Bertz CT molecular complexity index is 623. The second kappa shape index (κ2) is 6.19. The standard InChI is InChI=1S/C16H17NO3/c1-4-12-5-6-14(15(8-12)19-3)20-16-11(2)7-13(10-18)9-17-16/h5-10H,4H2,1-3H3. The molecular formula is C16H17NO3. The minimum atomic E-state index is 0.471. The maximum atomic E-state index is 10.7. The lowest BCUT2D eigenvalue weighted by molar-refractivity contribution is 0.112. The van der Waals surface area contributed by atoms with E-state index in [1.54, 1.807) is 13.2 Å². The Hall–Kier alpha value is -2.36. The van der Waals surface area contributed by atoms with E-state index in [9.17, 15) is 4.79 Å². The monoisotopic (exact) mass is 271 g/mol. The first kappa shape index (κ1) is 14.1. The average molecular weight is 271 g/mol. The number of aldehydes is 1. The zero-order valence-electron chi connectivity index (χ0n) is 11.8. The molecular weight excluding hydrogens is 254 g/mol. The van der Waals surface area contributed by atoms with Crippen molar-refractivity contribution in [2.45, 2.75) is 20.3 Å². The SMILES string of the molecule is CCc1ccc(Oc2ncc(C=O)cc2C)c(OC)c1. The predicted molar refractivity (Wildman–Crippen MR) is 76.8 cm³/mol. The normalized spacial score (nSPS) is 10.2. The quantitative estimate of drug-likeness (QED) is 0.780. The minimum absolute atomic E-state index is 0.471. The van der Waals surface area contributed by atoms with Crippen molar-refractivity contribution in [2.75, 3.05) is 7.11 Å². The van der Waals surface area contributed by atoms with E-state index in [4.69, 9.17) is 9.47 Å². The molecule has 0 saturated carbocycles. The molecule has 0 saturated heterocycles. The van der Waals surface area contributed by atoms with Crippen LogP contribution in [-0.2, 0) is 6.42 Å². The number of aryl methyl sites for hydroxylation is 2. The highest BCUT2D eigenvalue weighted by Crippen LogP contribution is 2.32. The van der Waals surface area contributed by atoms with Gasteiger partial charge in [0.05, 0.1) is 7.11 Å². The average Bonchev–Trinajstić information content (AvgIpc) is 2.49. The van der Waals surface area contributed by atoms with Gasteiger partial charge in [0, 0.05) is 17.3 Å². The van der Waals surface area contributed by atoms with Crippen molar-refractivity contribution in [1.29, 1.82) is 0 Å². The zero-order chi connectivity index (χ0) is 14.5. The van der Waals surface area contributed by atoms with E-state index in [-0.39, 0.29) is 0 Å². The summed E-state index contributed by atoms with van der Waals surface area (Å²) in [6.07, 6.45) is 3.19. The molecule has 0 atom stereocenters. The Morgan fingerprint density at radius 1 is 1.25 bits per heavy atom. The molecule has 0 radical (unpaired) electrons. The molecule has 0 aliphatic rings. The van der Waals surface area contributed by atoms with Gasteiger partial charge >= 0.3 is 0 Å². The number of carbonyl (C=O) groups is 1. The number of benzene rings is 1. The fraction of sp³-hybridized carbons (Fsp3) is 0.250. The van der Waals surface area contributed by atoms with E-state index < -0.39 is 0 Å². The van der Waals surface area contributed by atoms with Crippen molar-refractivity contribution in [3.05, 3.63) is 47.2 Å². The van der Waals surface area contributed by atoms with Gasteiger partial charge in [0.25, 0.3) is 0 Å². The first-order chi connectivity index (χ1) is 9.67. The lowest BCUT2D eigenvalue weighted by atomic mass is 10.1. The van der Waals surface area contributed by atoms with E-state index in [1.165, 1.54) is 11.8 Å². The molecule has 0 aliphatic carbocycles. The van der Waals surface area contributed by atoms with Crippen LogP contribution in [-0.4, -0.2) is 18.4 Å². The maximum Gasteiger partial charge on any atom is 0.222 e. The van der Waals surface area contributed by atoms with Gasteiger partial charge in [-0.1, -0.05) is 13.0 Å². The molecule has 2 aromatic rings. The van der Waals surface area contributed by atoms with E-state index in [1.807, 2.05) is 25.1 Å². The Kier molecular flexibility index (Phi) is 4.35. The number of methoxy groups -OCH3 is 1. The maximum absolute atomic E-state index is 10.7. The van der Waals surface area contributed by atoms with E-state index >= 15 is 0 Å². The smallest absolute Gasteiger partial charge is 0.222 e. The third-order valence-electron chi connectivity index (χ3n) is 3.03. The van der Waals surface area contributed by atoms with E-state index in [0.29, 0.717) is 22.9 Å². The molecule has 1 aromatic carbocycles. The van der Waals surface area contributed by atoms with Gasteiger partial charge in [-0.25, -0.2) is 4.98 Å². The van der Waals surface area contributed by atoms with Gasteiger partial charge in [-0.05, 0) is 37.1 Å². The largest absolute Gasteiger partial charge is 0.493 e. The van der Waals surface area contributed by atoms with Crippen LogP contribution < -0.4 is 9.47 Å². The van der Waals surface area contributed by atoms with Crippen LogP contribution >= 0.6 is 0 Å². The number of rotatable bonds is 5. The molecule has 1 aromatic heterocycles. The molecule has 0 bridgehead atoms. The summed E-state index contributed by atoms with van der Waals surface area (Å²) >= 11 is 0. The van der Waals surface area contributed by atoms with Gasteiger partial charge in [0.15, 0.2) is 17.8 Å². The number of hydrogen-bond acceptors (Lipinski definition) is 4. The summed E-state index contributed by atoms with van der Waals surface area (Å²) in [7, 11) is 1.61. The number of ether oxygens (including phenoxy) is 2. The molecule has 4 nitrogen and oxygen atoms in total. The van der Waals surface area contributed by atoms with Gasteiger partial charge in [-0.2, -0.15) is 0 Å². The summed E-state index contributed by atoms with van der Waals surface area (Å²) in [6.45, 7) is 3.93. The summed E-state index contributed by atoms with van der Waals surface area (Å²) < 4.78 is 11.1. The van der Waals surface area contributed by atoms with E-state index in [2.05, 4.69) is 11.9 Å². The van der Waals surface area contributed by atoms with Gasteiger partial charge in [-0.3, -0.25) is 4.79 Å². The first-order valence-electron chi connectivity index (χ1n) is 6.44. The number of pyridine rings is 1. The molecule has 104 valence electrons. The lowest BCUT2D eigenvalue weighted by Crippen LogP contribution is -1.96. The number of carbonyl (C=O) groups excluding carboxylic acids is 1. The fourth-order valence-electron chi connectivity index (χ4n) is 1.88. The Labute approximate surface area is 118 Å². The first-order valence-corrected chi connectivity index (χ1v) is 6.44. The van der Waals surface area contributed by atoms with Crippen molar-refractivity contribution in [1.82, 2.24) is 4.98 Å². The molecule has 0 N–H and O–H groups in total. The van der Waals surface area contributed by atoms with Crippen LogP contribution in [0.5, 0.6) is 17.4 Å². The Morgan fingerprint density at radius 3 is 2.65 bits per heavy atom. The van der Waals surface area contributed by atoms with Crippen molar-refractivity contribution >= 4 is 6.29 Å². The molecule has 0 amide bonds. The number of hydrogen-bond donors (Lipinski definition) is 0. The highest BCUT2D eigenvalue weighted by atomic mass is 16.5. The number of aromatic nitrogens is 1. The van der Waals surface area contributed by atoms with Gasteiger partial charge < -0.3 is 9.47 Å². The third-order valence-corrected chi connectivity index (χ3v) is 3.03. The Balaban J connectivity index is 2.32. The highest BCUT2D eigenvalue weighted by Gasteiger charge is 2.09. The minimum Gasteiger partial charge on any atom is -0.493 e. The molecule has 4 heteroatoms. The molecule has 0 unspecified atom stereocenters. The fourth-order valence-corrected chi connectivity index (χ4v) is 1.88. The summed E-state index contributed by atoms with van der Waals surface area (Å²) in [5.74, 6) is 1.75. The van der Waals surface area contributed by atoms with E-state index in [0.717, 1.165) is 18.3 Å². The molecule has 20 heavy (non-hydrogen) atoms. The molecule has 2 rings (SSSR count). The number of nitrogens with zero attached hydrogens (tertiary/aromatic N) is 1. The van der Waals surface area contributed by atoms with Crippen molar-refractivity contribution in [2.24, 2.45) is 0 Å². The van der Waals surface area contributed by atoms with Crippen LogP contribution in [0.2, 0.25) is 0 Å². The van der Waals surface area contributed by atoms with Crippen LogP contribution in [0.3, 0.4) is 0 Å². The van der Waals surface area contributed by atoms with Crippen LogP contribution in [0.25, 0.3) is 0 Å². The van der Waals surface area contributed by atoms with Crippen molar-refractivity contribution in [3.63, 3.8) is 0 Å². The zero-order valence-corrected chi connectivity index (χ0v) is 11.8. The third kappa shape index (κ3) is 2.96. The highest BCUT2D eigenvalue weighted by molar-refractivity contribution is 5.74. The molecule has 0 fully saturated rings. The van der Waals surface area contributed by atoms with Crippen molar-refractivity contribution in [3.8, 4) is 17.4 Å². The van der Waals surface area contributed by atoms with Gasteiger partial charge in [-0.15, -0.1) is 0 Å². The summed E-state index contributed by atoms with van der Waals surface area (Å²) in [4.78, 5) is 14.9. The summed E-state index contributed by atoms with van der Waals surface area (Å²) in [6, 6.07) is 7.55. The van der Waals surface area contributed by atoms with Crippen LogP contribution in [0.15, 0.2) is 30.5 Å². The molecule has 1 heterocycles.